The third-order valence-electron chi connectivity index (χ3n) is 8.81. The molecule has 2 heteroatoms. The summed E-state index contributed by atoms with van der Waals surface area (Å²) in [6.07, 6.45) is 0. The highest BCUT2D eigenvalue weighted by atomic mass is 15.2. The van der Waals surface area contributed by atoms with E-state index in [0.717, 1.165) is 22.7 Å². The average Bonchev–Trinajstić information content (AvgIpc) is 3.05. The molecule has 0 amide bonds. The summed E-state index contributed by atoms with van der Waals surface area (Å²) in [4.78, 5) is 4.80. The Morgan fingerprint density at radius 1 is 0.333 bits per heavy atom. The Bertz CT molecular complexity index is 1650. The van der Waals surface area contributed by atoms with Crippen molar-refractivity contribution in [1.82, 2.24) is 0 Å². The molecule has 6 rings (SSSR count). The van der Waals surface area contributed by atoms with Crippen LogP contribution >= 0.6 is 0 Å². The van der Waals surface area contributed by atoms with Crippen molar-refractivity contribution < 1.29 is 0 Å². The molecule has 0 aromatic heterocycles. The normalized spacial score (nSPS) is 11.3. The summed E-state index contributed by atoms with van der Waals surface area (Å²) in [5.41, 5.74) is 14.0. The van der Waals surface area contributed by atoms with E-state index in [9.17, 15) is 0 Å². The van der Waals surface area contributed by atoms with Gasteiger partial charge in [0.1, 0.15) is 0 Å². The van der Waals surface area contributed by atoms with Crippen LogP contribution in [0.5, 0.6) is 0 Å². The maximum atomic E-state index is 2.40. The standard InChI is InChI=1S/C43H42N2/c1-31-15-23-35(24-16-31)44(36-25-17-32(2)18-26-36)41-13-9-7-11-39(41)43(5,6)40-12-8-10-14-42(40)45(37-27-19-33(3)20-28-37)38-29-21-34(4)22-30-38/h7-30H,1-6H3. The predicted octanol–water partition coefficient (Wildman–Crippen LogP) is 12.2. The number of anilines is 6. The Morgan fingerprint density at radius 2 is 0.578 bits per heavy atom. The molecule has 6 aromatic carbocycles. The van der Waals surface area contributed by atoms with Crippen LogP contribution in [0.25, 0.3) is 0 Å². The van der Waals surface area contributed by atoms with Crippen molar-refractivity contribution in [1.29, 1.82) is 0 Å². The van der Waals surface area contributed by atoms with E-state index in [0.29, 0.717) is 0 Å². The fourth-order valence-corrected chi connectivity index (χ4v) is 6.17. The Balaban J connectivity index is 1.55. The molecular weight excluding hydrogens is 544 g/mol. The molecule has 0 bridgehead atoms. The topological polar surface area (TPSA) is 6.48 Å². The third-order valence-corrected chi connectivity index (χ3v) is 8.81. The van der Waals surface area contributed by atoms with E-state index in [1.807, 2.05) is 0 Å². The van der Waals surface area contributed by atoms with Crippen molar-refractivity contribution in [2.45, 2.75) is 47.0 Å². The van der Waals surface area contributed by atoms with Gasteiger partial charge in [-0.2, -0.15) is 0 Å². The lowest BCUT2D eigenvalue weighted by atomic mass is 9.76. The number of para-hydroxylation sites is 2. The quantitative estimate of drug-likeness (QED) is 0.175. The lowest BCUT2D eigenvalue weighted by Crippen LogP contribution is -2.26. The van der Waals surface area contributed by atoms with Gasteiger partial charge in [-0.25, -0.2) is 0 Å². The highest BCUT2D eigenvalue weighted by Gasteiger charge is 2.32. The molecule has 0 unspecified atom stereocenters. The number of hydrogen-bond acceptors (Lipinski definition) is 2. The van der Waals surface area contributed by atoms with Gasteiger partial charge in [-0.15, -0.1) is 0 Å². The van der Waals surface area contributed by atoms with Crippen LogP contribution in [-0.2, 0) is 5.41 Å². The van der Waals surface area contributed by atoms with Gasteiger partial charge >= 0.3 is 0 Å². The molecule has 0 aliphatic rings. The minimum Gasteiger partial charge on any atom is -0.310 e. The number of nitrogens with zero attached hydrogens (tertiary/aromatic N) is 2. The summed E-state index contributed by atoms with van der Waals surface area (Å²) < 4.78 is 0. The molecular formula is C43H42N2. The SMILES string of the molecule is Cc1ccc(N(c2ccc(C)cc2)c2ccccc2C(C)(C)c2ccccc2N(c2ccc(C)cc2)c2ccc(C)cc2)cc1. The molecule has 0 fully saturated rings. The maximum absolute atomic E-state index is 2.40. The van der Waals surface area contributed by atoms with Crippen LogP contribution in [0.1, 0.15) is 47.2 Å². The molecule has 0 saturated heterocycles. The van der Waals surface area contributed by atoms with Crippen LogP contribution < -0.4 is 9.80 Å². The second-order valence-electron chi connectivity index (χ2n) is 12.7. The van der Waals surface area contributed by atoms with Crippen molar-refractivity contribution >= 4 is 34.1 Å². The smallest absolute Gasteiger partial charge is 0.0502 e. The Morgan fingerprint density at radius 3 is 0.844 bits per heavy atom. The molecule has 6 aromatic rings. The molecule has 0 saturated carbocycles. The second-order valence-corrected chi connectivity index (χ2v) is 12.7. The minimum absolute atomic E-state index is 0.353. The van der Waals surface area contributed by atoms with Crippen LogP contribution in [0.4, 0.5) is 34.1 Å². The zero-order chi connectivity index (χ0) is 31.6. The van der Waals surface area contributed by atoms with Gasteiger partial charge in [-0.05, 0) is 99.5 Å². The van der Waals surface area contributed by atoms with E-state index in [1.54, 1.807) is 0 Å². The Kier molecular flexibility index (Phi) is 8.32. The van der Waals surface area contributed by atoms with Crippen LogP contribution in [0, 0.1) is 27.7 Å². The van der Waals surface area contributed by atoms with Gasteiger partial charge in [0.25, 0.3) is 0 Å². The van der Waals surface area contributed by atoms with E-state index in [1.165, 1.54) is 44.8 Å². The van der Waals surface area contributed by atoms with Crippen LogP contribution in [0.2, 0.25) is 0 Å². The first-order valence-electron chi connectivity index (χ1n) is 15.8. The molecule has 0 spiro atoms. The van der Waals surface area contributed by atoms with E-state index in [2.05, 4.69) is 197 Å². The second kappa shape index (κ2) is 12.5. The molecule has 0 aliphatic heterocycles. The molecule has 2 nitrogen and oxygen atoms in total. The predicted molar refractivity (Wildman–Crippen MR) is 193 cm³/mol. The Hall–Kier alpha value is -5.08. The number of rotatable bonds is 8. The van der Waals surface area contributed by atoms with Gasteiger partial charge in [0.15, 0.2) is 0 Å². The lowest BCUT2D eigenvalue weighted by molar-refractivity contribution is 0.642. The van der Waals surface area contributed by atoms with Crippen molar-refractivity contribution in [2.24, 2.45) is 0 Å². The first kappa shape index (κ1) is 30.0. The summed E-state index contributed by atoms with van der Waals surface area (Å²) in [5.74, 6) is 0. The van der Waals surface area contributed by atoms with Crippen molar-refractivity contribution in [2.75, 3.05) is 9.80 Å². The highest BCUT2D eigenvalue weighted by Crippen LogP contribution is 2.47. The molecule has 45 heavy (non-hydrogen) atoms. The van der Waals surface area contributed by atoms with Crippen LogP contribution in [-0.4, -0.2) is 0 Å². The van der Waals surface area contributed by atoms with Gasteiger partial charge in [0, 0.05) is 28.2 Å². The van der Waals surface area contributed by atoms with Gasteiger partial charge in [0.05, 0.1) is 11.4 Å². The molecule has 0 aliphatic carbocycles. The summed E-state index contributed by atoms with van der Waals surface area (Å²) in [6.45, 7) is 13.3. The fraction of sp³-hybridized carbons (Fsp3) is 0.163. The number of aryl methyl sites for hydroxylation is 4. The first-order valence-corrected chi connectivity index (χ1v) is 15.8. The van der Waals surface area contributed by atoms with Crippen molar-refractivity contribution in [3.63, 3.8) is 0 Å². The zero-order valence-corrected chi connectivity index (χ0v) is 27.3. The third kappa shape index (κ3) is 6.14. The van der Waals surface area contributed by atoms with E-state index in [-0.39, 0.29) is 5.41 Å². The molecule has 0 N–H and O–H groups in total. The summed E-state index contributed by atoms with van der Waals surface area (Å²) in [5, 5.41) is 0. The van der Waals surface area contributed by atoms with E-state index in [4.69, 9.17) is 0 Å². The summed E-state index contributed by atoms with van der Waals surface area (Å²) in [7, 11) is 0. The van der Waals surface area contributed by atoms with Crippen molar-refractivity contribution in [3.05, 3.63) is 179 Å². The van der Waals surface area contributed by atoms with Gasteiger partial charge in [-0.3, -0.25) is 0 Å². The molecule has 0 heterocycles. The molecule has 0 radical (unpaired) electrons. The monoisotopic (exact) mass is 586 g/mol. The average molecular weight is 587 g/mol. The highest BCUT2D eigenvalue weighted by molar-refractivity contribution is 5.83. The van der Waals surface area contributed by atoms with E-state index >= 15 is 0 Å². The summed E-state index contributed by atoms with van der Waals surface area (Å²) >= 11 is 0. The van der Waals surface area contributed by atoms with E-state index < -0.39 is 0 Å². The lowest BCUT2D eigenvalue weighted by Gasteiger charge is -2.37. The Labute approximate surface area is 269 Å². The first-order chi connectivity index (χ1) is 21.7. The fourth-order valence-electron chi connectivity index (χ4n) is 6.17. The minimum atomic E-state index is -0.353. The van der Waals surface area contributed by atoms with Gasteiger partial charge < -0.3 is 9.80 Å². The van der Waals surface area contributed by atoms with Gasteiger partial charge in [0.2, 0.25) is 0 Å². The van der Waals surface area contributed by atoms with Crippen LogP contribution in [0.3, 0.4) is 0 Å². The number of benzene rings is 6. The maximum Gasteiger partial charge on any atom is 0.0502 e. The number of hydrogen-bond donors (Lipinski definition) is 0. The van der Waals surface area contributed by atoms with Crippen LogP contribution in [0.15, 0.2) is 146 Å². The molecule has 224 valence electrons. The van der Waals surface area contributed by atoms with Gasteiger partial charge in [-0.1, -0.05) is 121 Å². The zero-order valence-electron chi connectivity index (χ0n) is 27.3. The summed E-state index contributed by atoms with van der Waals surface area (Å²) in [6, 6.07) is 53.1. The van der Waals surface area contributed by atoms with Crippen molar-refractivity contribution in [3.8, 4) is 0 Å². The molecule has 0 atom stereocenters. The largest absolute Gasteiger partial charge is 0.310 e.